The molecule has 0 amide bonds. The third-order valence-electron chi connectivity index (χ3n) is 4.80. The highest BCUT2D eigenvalue weighted by Crippen LogP contribution is 2.17. The molecule has 0 aromatic heterocycles. The zero-order chi connectivity index (χ0) is 18.9. The van der Waals surface area contributed by atoms with Gasteiger partial charge in [0.25, 0.3) is 0 Å². The van der Waals surface area contributed by atoms with E-state index in [4.69, 9.17) is 10.00 Å². The maximum Gasteiger partial charge on any atom is 0.193 e. The normalized spacial score (nSPS) is 17.0. The Labute approximate surface area is 161 Å². The van der Waals surface area contributed by atoms with Gasteiger partial charge in [0.2, 0.25) is 0 Å². The molecule has 0 saturated carbocycles. The third-order valence-corrected chi connectivity index (χ3v) is 4.80. The van der Waals surface area contributed by atoms with Gasteiger partial charge in [-0.2, -0.15) is 5.26 Å². The highest BCUT2D eigenvalue weighted by molar-refractivity contribution is 5.80. The summed E-state index contributed by atoms with van der Waals surface area (Å²) in [5.74, 6) is 1.45. The third kappa shape index (κ3) is 5.57. The summed E-state index contributed by atoms with van der Waals surface area (Å²) in [5.41, 5.74) is 3.03. The first-order valence-electron chi connectivity index (χ1n) is 9.35. The Morgan fingerprint density at radius 3 is 2.67 bits per heavy atom. The van der Waals surface area contributed by atoms with Crippen molar-refractivity contribution in [1.29, 1.82) is 5.26 Å². The van der Waals surface area contributed by atoms with E-state index in [-0.39, 0.29) is 0 Å². The molecular weight excluding hydrogens is 336 g/mol. The Bertz CT molecular complexity index is 780. The molecule has 1 heterocycles. The Kier molecular flexibility index (Phi) is 6.84. The topological polar surface area (TPSA) is 60.7 Å². The van der Waals surface area contributed by atoms with Crippen molar-refractivity contribution in [3.05, 3.63) is 71.3 Å². The first kappa shape index (κ1) is 18.9. The number of nitriles is 1. The summed E-state index contributed by atoms with van der Waals surface area (Å²) in [5, 5.41) is 12.3. The first-order chi connectivity index (χ1) is 13.3. The van der Waals surface area contributed by atoms with Gasteiger partial charge in [-0.25, -0.2) is 0 Å². The zero-order valence-corrected chi connectivity index (χ0v) is 15.8. The maximum absolute atomic E-state index is 8.88. The van der Waals surface area contributed by atoms with Gasteiger partial charge >= 0.3 is 0 Å². The van der Waals surface area contributed by atoms with Crippen LogP contribution < -0.4 is 5.32 Å². The summed E-state index contributed by atoms with van der Waals surface area (Å²) < 4.78 is 5.90. The van der Waals surface area contributed by atoms with E-state index in [1.165, 1.54) is 5.56 Å². The summed E-state index contributed by atoms with van der Waals surface area (Å²) in [7, 11) is 1.82. The number of nitrogens with zero attached hydrogens (tertiary/aromatic N) is 3. The Balaban J connectivity index is 1.42. The summed E-state index contributed by atoms with van der Waals surface area (Å²) in [6.45, 7) is 4.10. The summed E-state index contributed by atoms with van der Waals surface area (Å²) in [6.07, 6.45) is 1.12. The average Bonchev–Trinajstić information content (AvgIpc) is 3.18. The molecule has 2 aromatic carbocycles. The largest absolute Gasteiger partial charge is 0.376 e. The van der Waals surface area contributed by atoms with E-state index in [2.05, 4.69) is 33.4 Å². The number of aliphatic imine (C=N–C) groups is 1. The van der Waals surface area contributed by atoms with E-state index in [0.717, 1.165) is 37.6 Å². The molecule has 1 aliphatic heterocycles. The van der Waals surface area contributed by atoms with Gasteiger partial charge in [-0.1, -0.05) is 42.5 Å². The summed E-state index contributed by atoms with van der Waals surface area (Å²) in [4.78, 5) is 6.71. The predicted molar refractivity (Wildman–Crippen MR) is 107 cm³/mol. The van der Waals surface area contributed by atoms with Crippen LogP contribution in [0.15, 0.2) is 59.6 Å². The molecule has 0 spiro atoms. The van der Waals surface area contributed by atoms with Crippen molar-refractivity contribution in [3.63, 3.8) is 0 Å². The summed E-state index contributed by atoms with van der Waals surface area (Å²) in [6, 6.07) is 20.1. The molecule has 1 aliphatic rings. The molecule has 5 heteroatoms. The van der Waals surface area contributed by atoms with Crippen LogP contribution in [0.4, 0.5) is 0 Å². The van der Waals surface area contributed by atoms with Crippen LogP contribution in [0, 0.1) is 17.2 Å². The fourth-order valence-corrected chi connectivity index (χ4v) is 3.29. The number of guanidine groups is 1. The van der Waals surface area contributed by atoms with Gasteiger partial charge in [0.15, 0.2) is 5.96 Å². The standard InChI is InChI=1S/C22H26N4O/c1-24-22(25-14-19-9-7-18(13-23)8-10-19)26-12-11-21(15-26)17-27-16-20-5-3-2-4-6-20/h2-10,21H,11-12,14-17H2,1H3,(H,24,25). The first-order valence-corrected chi connectivity index (χ1v) is 9.35. The molecular formula is C22H26N4O. The van der Waals surface area contributed by atoms with E-state index in [0.29, 0.717) is 24.6 Å². The Hall–Kier alpha value is -2.84. The van der Waals surface area contributed by atoms with Crippen LogP contribution in [0.3, 0.4) is 0 Å². The van der Waals surface area contributed by atoms with Crippen LogP contribution in [0.25, 0.3) is 0 Å². The molecule has 0 bridgehead atoms. The SMILES string of the molecule is CN=C(NCc1ccc(C#N)cc1)N1CCC(COCc2ccccc2)C1. The molecule has 1 fully saturated rings. The van der Waals surface area contributed by atoms with Crippen LogP contribution in [0.5, 0.6) is 0 Å². The molecule has 2 aromatic rings. The fraction of sp³-hybridized carbons (Fsp3) is 0.364. The van der Waals surface area contributed by atoms with Crippen molar-refractivity contribution in [3.8, 4) is 6.07 Å². The molecule has 1 atom stereocenters. The van der Waals surface area contributed by atoms with Crippen molar-refractivity contribution in [2.75, 3.05) is 26.7 Å². The van der Waals surface area contributed by atoms with E-state index >= 15 is 0 Å². The molecule has 140 valence electrons. The smallest absolute Gasteiger partial charge is 0.193 e. The highest BCUT2D eigenvalue weighted by Gasteiger charge is 2.24. The molecule has 5 nitrogen and oxygen atoms in total. The number of nitrogens with one attached hydrogen (secondary N) is 1. The molecule has 0 radical (unpaired) electrons. The number of hydrogen-bond acceptors (Lipinski definition) is 3. The second kappa shape index (κ2) is 9.75. The van der Waals surface area contributed by atoms with E-state index in [1.54, 1.807) is 0 Å². The minimum Gasteiger partial charge on any atom is -0.376 e. The minimum atomic E-state index is 0.530. The number of benzene rings is 2. The molecule has 27 heavy (non-hydrogen) atoms. The zero-order valence-electron chi connectivity index (χ0n) is 15.8. The van der Waals surface area contributed by atoms with Crippen molar-refractivity contribution >= 4 is 5.96 Å². The van der Waals surface area contributed by atoms with Crippen LogP contribution in [0.2, 0.25) is 0 Å². The Morgan fingerprint density at radius 1 is 1.19 bits per heavy atom. The lowest BCUT2D eigenvalue weighted by Crippen LogP contribution is -2.39. The maximum atomic E-state index is 8.88. The number of likely N-dealkylation sites (tertiary alicyclic amines) is 1. The van der Waals surface area contributed by atoms with Crippen LogP contribution in [0.1, 0.15) is 23.1 Å². The van der Waals surface area contributed by atoms with Gasteiger partial charge in [0.05, 0.1) is 24.8 Å². The van der Waals surface area contributed by atoms with E-state index < -0.39 is 0 Å². The minimum absolute atomic E-state index is 0.530. The monoisotopic (exact) mass is 362 g/mol. The molecule has 0 aliphatic carbocycles. The average molecular weight is 362 g/mol. The van der Waals surface area contributed by atoms with Gasteiger partial charge in [-0.15, -0.1) is 0 Å². The summed E-state index contributed by atoms with van der Waals surface area (Å²) >= 11 is 0. The molecule has 1 unspecified atom stereocenters. The van der Waals surface area contributed by atoms with Crippen LogP contribution in [-0.4, -0.2) is 37.6 Å². The fourth-order valence-electron chi connectivity index (χ4n) is 3.29. The van der Waals surface area contributed by atoms with Crippen molar-refractivity contribution < 1.29 is 4.74 Å². The van der Waals surface area contributed by atoms with Crippen molar-refractivity contribution in [1.82, 2.24) is 10.2 Å². The van der Waals surface area contributed by atoms with Crippen LogP contribution in [-0.2, 0) is 17.9 Å². The highest BCUT2D eigenvalue weighted by atomic mass is 16.5. The number of hydrogen-bond donors (Lipinski definition) is 1. The predicted octanol–water partition coefficient (Wildman–Crippen LogP) is 3.17. The van der Waals surface area contributed by atoms with E-state index in [1.807, 2.05) is 49.5 Å². The van der Waals surface area contributed by atoms with Gasteiger partial charge in [0, 0.05) is 32.6 Å². The number of ether oxygens (including phenoxy) is 1. The lowest BCUT2D eigenvalue weighted by Gasteiger charge is -2.22. The van der Waals surface area contributed by atoms with Crippen LogP contribution >= 0.6 is 0 Å². The van der Waals surface area contributed by atoms with Gasteiger partial charge in [-0.3, -0.25) is 4.99 Å². The van der Waals surface area contributed by atoms with E-state index in [9.17, 15) is 0 Å². The second-order valence-electron chi connectivity index (χ2n) is 6.81. The van der Waals surface area contributed by atoms with Gasteiger partial charge < -0.3 is 15.0 Å². The van der Waals surface area contributed by atoms with Crippen molar-refractivity contribution in [2.24, 2.45) is 10.9 Å². The lowest BCUT2D eigenvalue weighted by molar-refractivity contribution is 0.0906. The Morgan fingerprint density at radius 2 is 1.96 bits per heavy atom. The quantitative estimate of drug-likeness (QED) is 0.633. The van der Waals surface area contributed by atoms with Gasteiger partial charge in [-0.05, 0) is 29.7 Å². The molecule has 1 saturated heterocycles. The molecule has 1 N–H and O–H groups in total. The van der Waals surface area contributed by atoms with Crippen molar-refractivity contribution in [2.45, 2.75) is 19.6 Å². The lowest BCUT2D eigenvalue weighted by atomic mass is 10.1. The number of rotatable bonds is 6. The van der Waals surface area contributed by atoms with Gasteiger partial charge in [0.1, 0.15) is 0 Å². The second-order valence-corrected chi connectivity index (χ2v) is 6.81. The molecule has 3 rings (SSSR count).